The van der Waals surface area contributed by atoms with Crippen LogP contribution in [0.4, 0.5) is 0 Å². The monoisotopic (exact) mass is 830 g/mol. The summed E-state index contributed by atoms with van der Waals surface area (Å²) in [6.07, 6.45) is 62.8. The maximum atomic E-state index is 12.5. The minimum absolute atomic E-state index is 0.158. The topological polar surface area (TPSA) is 89.8 Å². The van der Waals surface area contributed by atoms with Crippen molar-refractivity contribution in [2.75, 3.05) is 6.61 Å². The fraction of sp³-hybridized carbons (Fsp3) is 0.870. The van der Waals surface area contributed by atoms with Crippen molar-refractivity contribution in [3.63, 3.8) is 0 Å². The summed E-state index contributed by atoms with van der Waals surface area (Å²) in [5, 5.41) is 33.7. The Bertz CT molecular complexity index is 916. The Labute approximate surface area is 368 Å². The largest absolute Gasteiger partial charge is 0.394 e. The highest BCUT2D eigenvalue weighted by Crippen LogP contribution is 2.16. The van der Waals surface area contributed by atoms with Gasteiger partial charge >= 0.3 is 0 Å². The van der Waals surface area contributed by atoms with Gasteiger partial charge in [-0.1, -0.05) is 230 Å². The summed E-state index contributed by atoms with van der Waals surface area (Å²) < 4.78 is 0. The second kappa shape index (κ2) is 49.2. The number of hydrogen-bond donors (Lipinski definition) is 4. The van der Waals surface area contributed by atoms with Gasteiger partial charge in [-0.05, 0) is 77.0 Å². The van der Waals surface area contributed by atoms with E-state index in [-0.39, 0.29) is 12.5 Å². The van der Waals surface area contributed by atoms with Gasteiger partial charge in [0.1, 0.15) is 6.10 Å². The predicted molar refractivity (Wildman–Crippen MR) is 259 cm³/mol. The van der Waals surface area contributed by atoms with Crippen molar-refractivity contribution in [2.24, 2.45) is 0 Å². The van der Waals surface area contributed by atoms with E-state index in [1.165, 1.54) is 205 Å². The molecule has 0 aliphatic rings. The number of allylic oxidation sites excluding steroid dienone is 6. The number of aliphatic hydroxyl groups excluding tert-OH is 3. The van der Waals surface area contributed by atoms with Gasteiger partial charge in [-0.15, -0.1) is 0 Å². The van der Waals surface area contributed by atoms with Gasteiger partial charge in [-0.3, -0.25) is 4.79 Å². The molecule has 59 heavy (non-hydrogen) atoms. The van der Waals surface area contributed by atoms with Crippen LogP contribution < -0.4 is 5.32 Å². The van der Waals surface area contributed by atoms with E-state index >= 15 is 0 Å². The van der Waals surface area contributed by atoms with E-state index in [4.69, 9.17) is 0 Å². The van der Waals surface area contributed by atoms with E-state index < -0.39 is 18.2 Å². The first kappa shape index (κ1) is 57.6. The number of carbonyl (C=O) groups excluding carboxylic acids is 1. The lowest BCUT2D eigenvalue weighted by atomic mass is 10.0. The number of unbranched alkanes of at least 4 members (excludes halogenated alkanes) is 34. The SMILES string of the molecule is CCCCCCCCCCCCC/C=C/CC/C=C/CCCC(O)C(O)C(CO)NC(=O)CCCCCCCCCCC/C=C\CCCCCCCCCCCCCC. The molecule has 348 valence electrons. The third kappa shape index (κ3) is 44.4. The number of amides is 1. The second-order valence-electron chi connectivity index (χ2n) is 18.1. The second-order valence-corrected chi connectivity index (χ2v) is 18.1. The zero-order chi connectivity index (χ0) is 43.0. The predicted octanol–water partition coefficient (Wildman–Crippen LogP) is 15.9. The lowest BCUT2D eigenvalue weighted by Gasteiger charge is -2.26. The average molecular weight is 830 g/mol. The molecule has 0 spiro atoms. The molecule has 0 saturated heterocycles. The van der Waals surface area contributed by atoms with Crippen LogP contribution >= 0.6 is 0 Å². The first-order chi connectivity index (χ1) is 29.1. The molecule has 0 aromatic carbocycles. The van der Waals surface area contributed by atoms with Crippen molar-refractivity contribution in [3.8, 4) is 0 Å². The minimum atomic E-state index is -1.17. The quantitative estimate of drug-likeness (QED) is 0.0363. The molecule has 3 unspecified atom stereocenters. The van der Waals surface area contributed by atoms with Crippen LogP contribution in [0.1, 0.15) is 277 Å². The Morgan fingerprint density at radius 3 is 1.03 bits per heavy atom. The Balaban J connectivity index is 3.62. The van der Waals surface area contributed by atoms with Gasteiger partial charge < -0.3 is 20.6 Å². The summed E-state index contributed by atoms with van der Waals surface area (Å²) in [6, 6.07) is -0.834. The van der Waals surface area contributed by atoms with Crippen molar-refractivity contribution in [3.05, 3.63) is 36.5 Å². The van der Waals surface area contributed by atoms with Crippen molar-refractivity contribution in [2.45, 2.75) is 295 Å². The molecule has 0 saturated carbocycles. The minimum Gasteiger partial charge on any atom is -0.394 e. The van der Waals surface area contributed by atoms with E-state index in [2.05, 4.69) is 55.6 Å². The Hall–Kier alpha value is -1.43. The van der Waals surface area contributed by atoms with Crippen LogP contribution in [0.3, 0.4) is 0 Å². The van der Waals surface area contributed by atoms with Gasteiger partial charge in [0.25, 0.3) is 0 Å². The summed E-state index contributed by atoms with van der Waals surface area (Å²) in [6.45, 7) is 4.19. The molecule has 1 amide bonds. The smallest absolute Gasteiger partial charge is 0.220 e. The molecule has 5 nitrogen and oxygen atoms in total. The van der Waals surface area contributed by atoms with Gasteiger partial charge in [0, 0.05) is 6.42 Å². The van der Waals surface area contributed by atoms with Crippen LogP contribution in [-0.4, -0.2) is 46.1 Å². The molecule has 0 aliphatic carbocycles. The molecule has 0 aromatic rings. The molecule has 0 fully saturated rings. The molecule has 0 rings (SSSR count). The number of nitrogens with one attached hydrogen (secondary N) is 1. The van der Waals surface area contributed by atoms with Crippen LogP contribution in [0.2, 0.25) is 0 Å². The highest BCUT2D eigenvalue weighted by Gasteiger charge is 2.26. The highest BCUT2D eigenvalue weighted by atomic mass is 16.3. The number of carbonyl (C=O) groups is 1. The molecule has 5 heteroatoms. The highest BCUT2D eigenvalue weighted by molar-refractivity contribution is 5.76. The standard InChI is InChI=1S/C54H103NO4/c1-3-5-7-9-11-13-15-17-19-21-23-25-26-27-28-29-31-33-35-37-39-41-43-45-47-49-53(58)55-51(50-56)54(59)52(57)48-46-44-42-40-38-36-34-32-30-24-22-20-18-16-14-12-10-8-6-4-2/h27-28,32,34,40,42,51-52,54,56-57,59H,3-26,29-31,33,35-39,41,43-50H2,1-2H3,(H,55,58)/b28-27-,34-32+,42-40+. The normalized spacial score (nSPS) is 13.6. The number of aliphatic hydroxyl groups is 3. The van der Waals surface area contributed by atoms with Crippen LogP contribution in [-0.2, 0) is 4.79 Å². The van der Waals surface area contributed by atoms with Gasteiger partial charge in [0.2, 0.25) is 5.91 Å². The van der Waals surface area contributed by atoms with Crippen LogP contribution in [0.15, 0.2) is 36.5 Å². The van der Waals surface area contributed by atoms with Crippen molar-refractivity contribution in [1.82, 2.24) is 5.32 Å². The summed E-state index contributed by atoms with van der Waals surface area (Å²) in [7, 11) is 0. The summed E-state index contributed by atoms with van der Waals surface area (Å²) >= 11 is 0. The lowest BCUT2D eigenvalue weighted by molar-refractivity contribution is -0.124. The summed E-state index contributed by atoms with van der Waals surface area (Å²) in [4.78, 5) is 12.5. The van der Waals surface area contributed by atoms with Crippen molar-refractivity contribution < 1.29 is 20.1 Å². The number of hydrogen-bond acceptors (Lipinski definition) is 4. The van der Waals surface area contributed by atoms with E-state index in [1.807, 2.05) is 0 Å². The lowest BCUT2D eigenvalue weighted by Crippen LogP contribution is -2.50. The zero-order valence-corrected chi connectivity index (χ0v) is 39.6. The van der Waals surface area contributed by atoms with Crippen molar-refractivity contribution in [1.29, 1.82) is 0 Å². The van der Waals surface area contributed by atoms with Gasteiger partial charge in [-0.25, -0.2) is 0 Å². The van der Waals surface area contributed by atoms with Crippen LogP contribution in [0.25, 0.3) is 0 Å². The molecule has 0 heterocycles. The Morgan fingerprint density at radius 1 is 0.407 bits per heavy atom. The van der Waals surface area contributed by atoms with Gasteiger partial charge in [0.05, 0.1) is 18.8 Å². The third-order valence-corrected chi connectivity index (χ3v) is 12.2. The Kier molecular flexibility index (Phi) is 48.0. The van der Waals surface area contributed by atoms with E-state index in [1.54, 1.807) is 0 Å². The molecule has 4 N–H and O–H groups in total. The van der Waals surface area contributed by atoms with Crippen LogP contribution in [0.5, 0.6) is 0 Å². The van der Waals surface area contributed by atoms with Crippen LogP contribution in [0, 0.1) is 0 Å². The molecule has 0 aromatic heterocycles. The summed E-state index contributed by atoms with van der Waals surface area (Å²) in [5.41, 5.74) is 0. The van der Waals surface area contributed by atoms with Gasteiger partial charge in [0.15, 0.2) is 0 Å². The maximum Gasteiger partial charge on any atom is 0.220 e. The average Bonchev–Trinajstić information content (AvgIpc) is 3.24. The molecule has 0 radical (unpaired) electrons. The molecule has 0 aliphatic heterocycles. The molecular weight excluding hydrogens is 727 g/mol. The number of rotatable bonds is 48. The first-order valence-electron chi connectivity index (χ1n) is 26.3. The van der Waals surface area contributed by atoms with Crippen molar-refractivity contribution >= 4 is 5.91 Å². The van der Waals surface area contributed by atoms with E-state index in [0.29, 0.717) is 12.8 Å². The Morgan fingerprint density at radius 2 is 0.695 bits per heavy atom. The van der Waals surface area contributed by atoms with E-state index in [0.717, 1.165) is 44.9 Å². The third-order valence-electron chi connectivity index (χ3n) is 12.2. The first-order valence-corrected chi connectivity index (χ1v) is 26.3. The zero-order valence-electron chi connectivity index (χ0n) is 39.6. The maximum absolute atomic E-state index is 12.5. The fourth-order valence-corrected chi connectivity index (χ4v) is 8.12. The molecule has 3 atom stereocenters. The van der Waals surface area contributed by atoms with Gasteiger partial charge in [-0.2, -0.15) is 0 Å². The molecular formula is C54H103NO4. The fourth-order valence-electron chi connectivity index (χ4n) is 8.12. The molecule has 0 bridgehead atoms. The van der Waals surface area contributed by atoms with E-state index in [9.17, 15) is 20.1 Å². The summed E-state index contributed by atoms with van der Waals surface area (Å²) in [5.74, 6) is -0.158.